The van der Waals surface area contributed by atoms with E-state index in [1.165, 1.54) is 25.7 Å². The second-order valence-corrected chi connectivity index (χ2v) is 9.25. The van der Waals surface area contributed by atoms with Gasteiger partial charge >= 0.3 is 0 Å². The fraction of sp³-hybridized carbons (Fsp3) is 1.00. The molecular weight excluding hydrogens is 272 g/mol. The Morgan fingerprint density at radius 1 is 1.00 bits per heavy atom. The molecule has 2 nitrogen and oxygen atoms in total. The van der Waals surface area contributed by atoms with Crippen molar-refractivity contribution in [1.29, 1.82) is 0 Å². The average Bonchev–Trinajstić information content (AvgIpc) is 2.41. The molecule has 0 bridgehead atoms. The van der Waals surface area contributed by atoms with Gasteiger partial charge < -0.3 is 9.84 Å². The van der Waals surface area contributed by atoms with Gasteiger partial charge in [0.05, 0.1) is 17.8 Å². The highest BCUT2D eigenvalue weighted by Crippen LogP contribution is 2.56. The fourth-order valence-corrected chi connectivity index (χ4v) is 5.61. The van der Waals surface area contributed by atoms with Gasteiger partial charge in [0, 0.05) is 0 Å². The summed E-state index contributed by atoms with van der Waals surface area (Å²) in [7, 11) is 0. The van der Waals surface area contributed by atoms with Crippen LogP contribution in [0.15, 0.2) is 0 Å². The Hall–Kier alpha value is -0.0800. The summed E-state index contributed by atoms with van der Waals surface area (Å²) >= 11 is 0. The van der Waals surface area contributed by atoms with E-state index in [2.05, 4.69) is 48.5 Å². The van der Waals surface area contributed by atoms with Gasteiger partial charge in [-0.2, -0.15) is 0 Å². The van der Waals surface area contributed by atoms with Gasteiger partial charge in [-0.05, 0) is 48.9 Å². The van der Waals surface area contributed by atoms with E-state index < -0.39 is 0 Å². The molecule has 7 atom stereocenters. The summed E-state index contributed by atoms with van der Waals surface area (Å²) in [6.45, 7) is 16.1. The van der Waals surface area contributed by atoms with E-state index in [1.54, 1.807) is 0 Å². The van der Waals surface area contributed by atoms with Gasteiger partial charge in [-0.15, -0.1) is 0 Å². The summed E-state index contributed by atoms with van der Waals surface area (Å²) in [5.74, 6) is 1.55. The Morgan fingerprint density at radius 3 is 2.23 bits per heavy atom. The van der Waals surface area contributed by atoms with Gasteiger partial charge in [0.2, 0.25) is 0 Å². The lowest BCUT2D eigenvalue weighted by atomic mass is 9.54. The first-order valence-corrected chi connectivity index (χ1v) is 9.49. The molecule has 0 aromatic heterocycles. The molecule has 1 N–H and O–H groups in total. The molecule has 0 amide bonds. The van der Waals surface area contributed by atoms with Crippen LogP contribution in [0.5, 0.6) is 0 Å². The van der Waals surface area contributed by atoms with E-state index in [0.717, 1.165) is 6.42 Å². The second kappa shape index (κ2) is 6.43. The number of unbranched alkanes of at least 4 members (excludes halogenated alkanes) is 2. The summed E-state index contributed by atoms with van der Waals surface area (Å²) in [6, 6.07) is 0. The monoisotopic (exact) mass is 310 g/mol. The quantitative estimate of drug-likeness (QED) is 0.737. The van der Waals surface area contributed by atoms with Crippen molar-refractivity contribution >= 4 is 0 Å². The van der Waals surface area contributed by atoms with Crippen LogP contribution in [0.2, 0.25) is 0 Å². The Kier molecular flexibility index (Phi) is 5.34. The van der Waals surface area contributed by atoms with Crippen molar-refractivity contribution in [3.05, 3.63) is 0 Å². The predicted molar refractivity (Wildman–Crippen MR) is 92.8 cm³/mol. The number of rotatable bonds is 4. The molecule has 130 valence electrons. The van der Waals surface area contributed by atoms with Crippen LogP contribution in [0.1, 0.15) is 80.6 Å². The maximum absolute atomic E-state index is 10.6. The van der Waals surface area contributed by atoms with Gasteiger partial charge in [-0.1, -0.05) is 60.8 Å². The number of fused-ring (bicyclic) bond motifs is 1. The predicted octanol–water partition coefficient (Wildman–Crippen LogP) is 5.04. The lowest BCUT2D eigenvalue weighted by molar-refractivity contribution is -0.254. The highest BCUT2D eigenvalue weighted by Gasteiger charge is 2.56. The molecule has 1 aliphatic carbocycles. The lowest BCUT2D eigenvalue weighted by Gasteiger charge is -2.60. The van der Waals surface area contributed by atoms with Crippen LogP contribution >= 0.6 is 0 Å². The van der Waals surface area contributed by atoms with E-state index in [1.807, 2.05) is 0 Å². The Balaban J connectivity index is 2.23. The van der Waals surface area contributed by atoms with Crippen LogP contribution < -0.4 is 0 Å². The van der Waals surface area contributed by atoms with Gasteiger partial charge in [0.25, 0.3) is 0 Å². The topological polar surface area (TPSA) is 29.5 Å². The molecule has 2 aliphatic rings. The van der Waals surface area contributed by atoms with Crippen LogP contribution in [0.4, 0.5) is 0 Å². The van der Waals surface area contributed by atoms with Crippen molar-refractivity contribution in [3.63, 3.8) is 0 Å². The van der Waals surface area contributed by atoms with Gasteiger partial charge in [0.15, 0.2) is 0 Å². The van der Waals surface area contributed by atoms with Crippen molar-refractivity contribution < 1.29 is 9.84 Å². The Morgan fingerprint density at radius 2 is 1.64 bits per heavy atom. The minimum atomic E-state index is -0.191. The average molecular weight is 311 g/mol. The second-order valence-electron chi connectivity index (χ2n) is 9.25. The maximum atomic E-state index is 10.6. The molecule has 1 aliphatic heterocycles. The number of hydrogen-bond donors (Lipinski definition) is 1. The SMILES string of the molecule is CCCCCC1(C)CC(C)(C)C2C(C)C(O)C(C)C(C)C2O1. The van der Waals surface area contributed by atoms with Crippen LogP contribution in [0, 0.1) is 29.1 Å². The smallest absolute Gasteiger partial charge is 0.0663 e. The summed E-state index contributed by atoms with van der Waals surface area (Å²) in [6.07, 6.45) is 6.22. The number of aliphatic hydroxyl groups excluding tert-OH is 1. The zero-order chi connectivity index (χ0) is 16.7. The molecule has 2 rings (SSSR count). The molecule has 0 radical (unpaired) electrons. The minimum Gasteiger partial charge on any atom is -0.393 e. The van der Waals surface area contributed by atoms with E-state index in [-0.39, 0.29) is 17.1 Å². The van der Waals surface area contributed by atoms with Crippen LogP contribution in [-0.4, -0.2) is 22.9 Å². The molecule has 0 spiro atoms. The molecule has 2 fully saturated rings. The van der Waals surface area contributed by atoms with Crippen molar-refractivity contribution in [1.82, 2.24) is 0 Å². The van der Waals surface area contributed by atoms with Gasteiger partial charge in [-0.3, -0.25) is 0 Å². The minimum absolute atomic E-state index is 0.00975. The third-order valence-corrected chi connectivity index (χ3v) is 6.81. The first-order chi connectivity index (χ1) is 10.1. The van der Waals surface area contributed by atoms with Gasteiger partial charge in [0.1, 0.15) is 0 Å². The van der Waals surface area contributed by atoms with Crippen molar-refractivity contribution in [2.24, 2.45) is 29.1 Å². The maximum Gasteiger partial charge on any atom is 0.0663 e. The zero-order valence-electron chi connectivity index (χ0n) is 15.9. The van der Waals surface area contributed by atoms with Gasteiger partial charge in [-0.25, -0.2) is 0 Å². The number of aliphatic hydroxyl groups is 1. The summed E-state index contributed by atoms with van der Waals surface area (Å²) in [5.41, 5.74) is 0.245. The first-order valence-electron chi connectivity index (χ1n) is 9.49. The van der Waals surface area contributed by atoms with E-state index in [0.29, 0.717) is 29.8 Å². The molecular formula is C20H38O2. The van der Waals surface area contributed by atoms with Crippen LogP contribution in [0.3, 0.4) is 0 Å². The molecule has 2 heteroatoms. The van der Waals surface area contributed by atoms with E-state index in [4.69, 9.17) is 4.74 Å². The standard InChI is InChI=1S/C20H38O2/c1-8-9-10-11-20(7)12-19(5,6)16-15(4)17(21)13(2)14(3)18(16)22-20/h13-18,21H,8-12H2,1-7H3. The molecule has 1 saturated heterocycles. The van der Waals surface area contributed by atoms with Crippen molar-refractivity contribution in [2.45, 2.75) is 98.4 Å². The summed E-state index contributed by atoms with van der Waals surface area (Å²) in [5, 5.41) is 10.6. The Labute approximate surface area is 138 Å². The van der Waals surface area contributed by atoms with Crippen LogP contribution in [-0.2, 0) is 4.74 Å². The fourth-order valence-electron chi connectivity index (χ4n) is 5.61. The highest BCUT2D eigenvalue weighted by atomic mass is 16.5. The van der Waals surface area contributed by atoms with Crippen LogP contribution in [0.25, 0.3) is 0 Å². The van der Waals surface area contributed by atoms with Crippen molar-refractivity contribution in [3.8, 4) is 0 Å². The summed E-state index contributed by atoms with van der Waals surface area (Å²) < 4.78 is 6.75. The Bertz CT molecular complexity index is 378. The molecule has 0 aromatic carbocycles. The highest BCUT2D eigenvalue weighted by molar-refractivity contribution is 5.05. The normalized spacial score (nSPS) is 48.0. The molecule has 22 heavy (non-hydrogen) atoms. The third-order valence-electron chi connectivity index (χ3n) is 6.81. The van der Waals surface area contributed by atoms with E-state index >= 15 is 0 Å². The molecule has 0 aromatic rings. The number of hydrogen-bond acceptors (Lipinski definition) is 2. The largest absolute Gasteiger partial charge is 0.393 e. The van der Waals surface area contributed by atoms with E-state index in [9.17, 15) is 5.11 Å². The number of ether oxygens (including phenoxy) is 1. The first kappa shape index (κ1) is 18.3. The molecule has 1 heterocycles. The third kappa shape index (κ3) is 3.24. The zero-order valence-corrected chi connectivity index (χ0v) is 15.9. The van der Waals surface area contributed by atoms with Crippen molar-refractivity contribution in [2.75, 3.05) is 0 Å². The molecule has 7 unspecified atom stereocenters. The lowest BCUT2D eigenvalue weighted by Crippen LogP contribution is -2.62. The summed E-state index contributed by atoms with van der Waals surface area (Å²) in [4.78, 5) is 0. The molecule has 1 saturated carbocycles.